The van der Waals surface area contributed by atoms with Crippen molar-refractivity contribution in [2.24, 2.45) is 5.92 Å². The quantitative estimate of drug-likeness (QED) is 0.642. The van der Waals surface area contributed by atoms with Crippen molar-refractivity contribution in [1.29, 1.82) is 0 Å². The molecule has 2 amide bonds. The minimum Gasteiger partial charge on any atom is -0.384 e. The van der Waals surface area contributed by atoms with Crippen LogP contribution in [0.25, 0.3) is 0 Å². The summed E-state index contributed by atoms with van der Waals surface area (Å²) in [6.45, 7) is 2.18. The number of methoxy groups -OCH3 is 1. The molecule has 1 aliphatic carbocycles. The lowest BCUT2D eigenvalue weighted by molar-refractivity contribution is -0.117. The third-order valence-corrected chi connectivity index (χ3v) is 5.92. The zero-order valence-electron chi connectivity index (χ0n) is 16.7. The maximum absolute atomic E-state index is 11.8. The summed E-state index contributed by atoms with van der Waals surface area (Å²) in [6.07, 6.45) is 4.73. The second kappa shape index (κ2) is 10.4. The molecular weight excluding hydrogens is 392 g/mol. The van der Waals surface area contributed by atoms with Crippen molar-refractivity contribution in [2.45, 2.75) is 51.4 Å². The van der Waals surface area contributed by atoms with Crippen LogP contribution < -0.4 is 10.6 Å². The molecule has 1 fully saturated rings. The van der Waals surface area contributed by atoms with Crippen LogP contribution in [-0.4, -0.2) is 45.9 Å². The van der Waals surface area contributed by atoms with E-state index in [1.165, 1.54) is 11.3 Å². The molecule has 9 nitrogen and oxygen atoms in total. The summed E-state index contributed by atoms with van der Waals surface area (Å²) >= 11 is 1.45. The lowest BCUT2D eigenvalue weighted by Crippen LogP contribution is -2.13. The van der Waals surface area contributed by atoms with E-state index < -0.39 is 0 Å². The number of anilines is 2. The van der Waals surface area contributed by atoms with Crippen molar-refractivity contribution >= 4 is 34.1 Å². The molecule has 10 heteroatoms. The third-order valence-electron chi connectivity index (χ3n) is 4.92. The van der Waals surface area contributed by atoms with Gasteiger partial charge >= 0.3 is 0 Å². The van der Waals surface area contributed by atoms with E-state index in [2.05, 4.69) is 31.0 Å². The van der Waals surface area contributed by atoms with E-state index >= 15 is 0 Å². The van der Waals surface area contributed by atoms with Gasteiger partial charge in [0.2, 0.25) is 16.9 Å². The van der Waals surface area contributed by atoms with Gasteiger partial charge in [-0.3, -0.25) is 9.59 Å². The third kappa shape index (κ3) is 6.26. The molecule has 2 atom stereocenters. The Morgan fingerprint density at radius 1 is 1.14 bits per heavy atom. The van der Waals surface area contributed by atoms with Crippen molar-refractivity contribution in [1.82, 2.24) is 20.4 Å². The standard InChI is InChI=1S/C19H26N6O3S/c1-3-16(26)20-15-7-6-14(22-23-15)11-12-4-5-13(10-12)18-24-25-19(29-18)21-17(27)8-9-28-2/h6-7,12-13H,3-5,8-11H2,1-2H3,(H,20,23,26)(H,21,25,27). The summed E-state index contributed by atoms with van der Waals surface area (Å²) in [5.74, 6) is 1.17. The van der Waals surface area contributed by atoms with Crippen LogP contribution in [0.2, 0.25) is 0 Å². The highest BCUT2D eigenvalue weighted by Crippen LogP contribution is 2.41. The van der Waals surface area contributed by atoms with Crippen molar-refractivity contribution in [3.63, 3.8) is 0 Å². The van der Waals surface area contributed by atoms with Crippen molar-refractivity contribution in [3.05, 3.63) is 22.8 Å². The first-order valence-corrected chi connectivity index (χ1v) is 10.6. The summed E-state index contributed by atoms with van der Waals surface area (Å²) in [5, 5.41) is 23.7. The largest absolute Gasteiger partial charge is 0.384 e. The van der Waals surface area contributed by atoms with E-state index in [-0.39, 0.29) is 11.8 Å². The molecule has 156 valence electrons. The molecule has 0 radical (unpaired) electrons. The molecule has 2 unspecified atom stereocenters. The van der Waals surface area contributed by atoms with Crippen LogP contribution in [0.15, 0.2) is 12.1 Å². The molecule has 2 N–H and O–H groups in total. The zero-order chi connectivity index (χ0) is 20.6. The van der Waals surface area contributed by atoms with Gasteiger partial charge in [0.15, 0.2) is 5.82 Å². The Balaban J connectivity index is 1.49. The zero-order valence-corrected chi connectivity index (χ0v) is 17.5. The lowest BCUT2D eigenvalue weighted by Gasteiger charge is -2.09. The van der Waals surface area contributed by atoms with Gasteiger partial charge in [-0.2, -0.15) is 5.10 Å². The summed E-state index contributed by atoms with van der Waals surface area (Å²) in [6, 6.07) is 3.72. The Morgan fingerprint density at radius 3 is 2.72 bits per heavy atom. The Labute approximate surface area is 173 Å². The second-order valence-electron chi connectivity index (χ2n) is 7.13. The van der Waals surface area contributed by atoms with Gasteiger partial charge in [-0.1, -0.05) is 18.3 Å². The number of hydrogen-bond acceptors (Lipinski definition) is 8. The maximum Gasteiger partial charge on any atom is 0.228 e. The molecule has 2 aromatic rings. The Kier molecular flexibility index (Phi) is 7.59. The molecule has 0 aromatic carbocycles. The normalized spacial score (nSPS) is 18.6. The number of carbonyl (C=O) groups excluding carboxylic acids is 2. The van der Waals surface area contributed by atoms with E-state index in [1.807, 2.05) is 6.07 Å². The molecule has 29 heavy (non-hydrogen) atoms. The fourth-order valence-electron chi connectivity index (χ4n) is 3.37. The van der Waals surface area contributed by atoms with Crippen LogP contribution in [0.1, 0.15) is 55.6 Å². The van der Waals surface area contributed by atoms with E-state index in [9.17, 15) is 9.59 Å². The Bertz CT molecular complexity index is 826. The van der Waals surface area contributed by atoms with E-state index in [0.717, 1.165) is 36.4 Å². The number of nitrogens with zero attached hydrogens (tertiary/aromatic N) is 4. The monoisotopic (exact) mass is 418 g/mol. The molecule has 0 bridgehead atoms. The first-order valence-electron chi connectivity index (χ1n) is 9.82. The van der Waals surface area contributed by atoms with Crippen molar-refractivity contribution in [3.8, 4) is 0 Å². The molecule has 1 saturated carbocycles. The molecule has 0 saturated heterocycles. The SMILES string of the molecule is CCC(=O)Nc1ccc(CC2CCC(c3nnc(NC(=O)CCOC)s3)C2)nn1. The predicted octanol–water partition coefficient (Wildman–Crippen LogP) is 2.78. The fraction of sp³-hybridized carbons (Fsp3) is 0.579. The minimum atomic E-state index is -0.115. The van der Waals surface area contributed by atoms with Crippen LogP contribution in [0.4, 0.5) is 10.9 Å². The van der Waals surface area contributed by atoms with Gasteiger partial charge in [-0.05, 0) is 43.7 Å². The minimum absolute atomic E-state index is 0.0722. The predicted molar refractivity (Wildman–Crippen MR) is 110 cm³/mol. The Morgan fingerprint density at radius 2 is 2.00 bits per heavy atom. The van der Waals surface area contributed by atoms with Crippen LogP contribution in [0.3, 0.4) is 0 Å². The molecule has 0 spiro atoms. The first kappa shape index (κ1) is 21.3. The average Bonchev–Trinajstić information content (AvgIpc) is 3.37. The highest BCUT2D eigenvalue weighted by Gasteiger charge is 2.29. The topological polar surface area (TPSA) is 119 Å². The number of rotatable bonds is 9. The van der Waals surface area contributed by atoms with Gasteiger partial charge in [-0.25, -0.2) is 0 Å². The summed E-state index contributed by atoms with van der Waals surface area (Å²) in [4.78, 5) is 23.2. The number of hydrogen-bond donors (Lipinski definition) is 2. The van der Waals surface area contributed by atoms with Crippen molar-refractivity contribution < 1.29 is 14.3 Å². The molecular formula is C19H26N6O3S. The van der Waals surface area contributed by atoms with E-state index in [0.29, 0.717) is 42.2 Å². The van der Waals surface area contributed by atoms with Gasteiger partial charge in [0.1, 0.15) is 5.01 Å². The number of aromatic nitrogens is 4. The lowest BCUT2D eigenvalue weighted by atomic mass is 10.00. The van der Waals surface area contributed by atoms with E-state index in [4.69, 9.17) is 4.74 Å². The van der Waals surface area contributed by atoms with Crippen LogP contribution >= 0.6 is 11.3 Å². The molecule has 0 aliphatic heterocycles. The fourth-order valence-corrected chi connectivity index (χ4v) is 4.28. The smallest absolute Gasteiger partial charge is 0.228 e. The molecule has 2 aromatic heterocycles. The number of carbonyl (C=O) groups is 2. The highest BCUT2D eigenvalue weighted by atomic mass is 32.1. The summed E-state index contributed by atoms with van der Waals surface area (Å²) in [7, 11) is 1.57. The average molecular weight is 419 g/mol. The summed E-state index contributed by atoms with van der Waals surface area (Å²) in [5.41, 5.74) is 0.925. The summed E-state index contributed by atoms with van der Waals surface area (Å²) < 4.78 is 4.90. The molecule has 3 rings (SSSR count). The highest BCUT2D eigenvalue weighted by molar-refractivity contribution is 7.15. The number of ether oxygens (including phenoxy) is 1. The van der Waals surface area contributed by atoms with Crippen LogP contribution in [-0.2, 0) is 20.7 Å². The van der Waals surface area contributed by atoms with Crippen LogP contribution in [0, 0.1) is 5.92 Å². The first-order chi connectivity index (χ1) is 14.1. The van der Waals surface area contributed by atoms with Gasteiger partial charge < -0.3 is 15.4 Å². The van der Waals surface area contributed by atoms with Gasteiger partial charge in [0, 0.05) is 19.4 Å². The molecule has 2 heterocycles. The van der Waals surface area contributed by atoms with Crippen molar-refractivity contribution in [2.75, 3.05) is 24.4 Å². The van der Waals surface area contributed by atoms with Crippen LogP contribution in [0.5, 0.6) is 0 Å². The van der Waals surface area contributed by atoms with Gasteiger partial charge in [-0.15, -0.1) is 15.3 Å². The van der Waals surface area contributed by atoms with Gasteiger partial charge in [0.25, 0.3) is 0 Å². The maximum atomic E-state index is 11.8. The second-order valence-corrected chi connectivity index (χ2v) is 8.14. The molecule has 1 aliphatic rings. The van der Waals surface area contributed by atoms with Gasteiger partial charge in [0.05, 0.1) is 18.7 Å². The number of nitrogens with one attached hydrogen (secondary N) is 2. The van der Waals surface area contributed by atoms with E-state index in [1.54, 1.807) is 20.1 Å². The number of amides is 2. The Hall–Kier alpha value is -2.46.